The second kappa shape index (κ2) is 8.96. The number of nitrogens with zero attached hydrogens (tertiary/aromatic N) is 6. The zero-order valence-electron chi connectivity index (χ0n) is 17.4. The van der Waals surface area contributed by atoms with Crippen molar-refractivity contribution in [3.63, 3.8) is 0 Å². The summed E-state index contributed by atoms with van der Waals surface area (Å²) in [5.41, 5.74) is -2.12. The van der Waals surface area contributed by atoms with Gasteiger partial charge in [-0.15, -0.1) is 0 Å². The number of rotatable bonds is 4. The third-order valence-electron chi connectivity index (χ3n) is 4.88. The van der Waals surface area contributed by atoms with E-state index in [1.54, 1.807) is 38.1 Å². The van der Waals surface area contributed by atoms with Gasteiger partial charge in [0.2, 0.25) is 0 Å². The van der Waals surface area contributed by atoms with E-state index in [4.69, 9.17) is 0 Å². The monoisotopic (exact) mass is 570 g/mol. The van der Waals surface area contributed by atoms with Crippen molar-refractivity contribution in [2.24, 2.45) is 0 Å². The molecule has 180 valence electrons. The van der Waals surface area contributed by atoms with Crippen molar-refractivity contribution in [3.05, 3.63) is 84.2 Å². The van der Waals surface area contributed by atoms with Crippen LogP contribution in [0.5, 0.6) is 0 Å². The molecule has 4 aromatic rings. The van der Waals surface area contributed by atoms with Gasteiger partial charge in [0, 0.05) is 40.8 Å². The van der Waals surface area contributed by atoms with Gasteiger partial charge < -0.3 is 19.1 Å². The topological polar surface area (TPSA) is 61.4 Å². The molecular formula is C21H14F6N6Pd. The molecule has 0 atom stereocenters. The number of aromatic nitrogens is 6. The first-order chi connectivity index (χ1) is 15.4. The van der Waals surface area contributed by atoms with Crippen molar-refractivity contribution in [2.45, 2.75) is 31.6 Å². The maximum absolute atomic E-state index is 12.9. The van der Waals surface area contributed by atoms with E-state index in [-0.39, 0.29) is 32.1 Å². The van der Waals surface area contributed by atoms with Crippen LogP contribution in [0.4, 0.5) is 26.3 Å². The first-order valence-electron chi connectivity index (χ1n) is 9.40. The summed E-state index contributed by atoms with van der Waals surface area (Å²) in [5.74, 6) is 0.329. The van der Waals surface area contributed by atoms with Crippen LogP contribution in [0, 0.1) is 12.7 Å². The quantitative estimate of drug-likeness (QED) is 0.201. The molecule has 0 radical (unpaired) electrons. The Morgan fingerprint density at radius 3 is 1.35 bits per heavy atom. The Hall–Kier alpha value is -3.04. The molecule has 0 fully saturated rings. The Kier molecular flexibility index (Phi) is 6.74. The van der Waals surface area contributed by atoms with Gasteiger partial charge in [-0.25, -0.2) is 0 Å². The third kappa shape index (κ3) is 5.05. The Morgan fingerprint density at radius 1 is 0.647 bits per heavy atom. The van der Waals surface area contributed by atoms with Gasteiger partial charge in [0.25, 0.3) is 0 Å². The van der Waals surface area contributed by atoms with E-state index in [9.17, 15) is 26.3 Å². The average Bonchev–Trinajstić information content (AvgIpc) is 3.44. The minimum atomic E-state index is -4.61. The Labute approximate surface area is 203 Å². The zero-order valence-corrected chi connectivity index (χ0v) is 18.9. The number of pyridine rings is 2. The molecule has 13 heteroatoms. The molecule has 0 aliphatic rings. The number of alkyl halides is 6. The Balaban J connectivity index is 0.00000324. The van der Waals surface area contributed by atoms with Crippen LogP contribution in [-0.2, 0) is 38.2 Å². The molecular weight excluding hydrogens is 557 g/mol. The van der Waals surface area contributed by atoms with Crippen molar-refractivity contribution in [2.75, 3.05) is 0 Å². The zero-order chi connectivity index (χ0) is 24.0. The fraction of sp³-hybridized carbons (Fsp3) is 0.238. The molecule has 0 aromatic carbocycles. The summed E-state index contributed by atoms with van der Waals surface area (Å²) in [6, 6.07) is 9.57. The van der Waals surface area contributed by atoms with Crippen molar-refractivity contribution >= 4 is 0 Å². The first kappa shape index (κ1) is 25.6. The average molecular weight is 571 g/mol. The standard InChI is InChI=1S/C21H14F6N6.Pd/c1-19(2,13-5-3-7-17(30-13)32-9-15(28-11-32)20(22,23)24)14-6-4-8-18(31-14)33-10-16(29-12-33)21(25,26)27;/h3-10H,1-2H3;/q-2;+2. The molecule has 0 bridgehead atoms. The Bertz CT molecular complexity index is 1190. The van der Waals surface area contributed by atoms with Gasteiger partial charge in [0.15, 0.2) is 0 Å². The number of hydrogen-bond donors (Lipinski definition) is 0. The minimum Gasteiger partial charge on any atom is -0.418 e. The summed E-state index contributed by atoms with van der Waals surface area (Å²) in [6.45, 7) is 3.56. The second-order valence-corrected chi connectivity index (χ2v) is 7.57. The van der Waals surface area contributed by atoms with Gasteiger partial charge in [0.1, 0.15) is 0 Å². The van der Waals surface area contributed by atoms with Gasteiger partial charge in [-0.05, 0) is 26.0 Å². The van der Waals surface area contributed by atoms with Crippen LogP contribution in [0.25, 0.3) is 11.6 Å². The summed E-state index contributed by atoms with van der Waals surface area (Å²) < 4.78 is 79.2. The molecule has 0 saturated heterocycles. The van der Waals surface area contributed by atoms with Gasteiger partial charge in [0.05, 0.1) is 11.6 Å². The van der Waals surface area contributed by atoms with Crippen molar-refractivity contribution in [1.82, 2.24) is 29.1 Å². The van der Waals surface area contributed by atoms with Crippen molar-refractivity contribution in [1.29, 1.82) is 0 Å². The summed E-state index contributed by atoms with van der Waals surface area (Å²) in [5, 5.41) is 0. The van der Waals surface area contributed by atoms with Gasteiger partial charge in [-0.1, -0.05) is 36.7 Å². The fourth-order valence-corrected chi connectivity index (χ4v) is 3.03. The summed E-state index contributed by atoms with van der Waals surface area (Å²) in [6.07, 6.45) is -3.15. The molecule has 0 spiro atoms. The maximum Gasteiger partial charge on any atom is 2.00 e. The van der Waals surface area contributed by atoms with E-state index >= 15 is 0 Å². The molecule has 0 saturated carbocycles. The number of hydrogen-bond acceptors (Lipinski definition) is 4. The smallest absolute Gasteiger partial charge is 0.418 e. The minimum absolute atomic E-state index is 0. The van der Waals surface area contributed by atoms with Gasteiger partial charge in [-0.2, -0.15) is 26.3 Å². The Morgan fingerprint density at radius 2 is 1.03 bits per heavy atom. The van der Waals surface area contributed by atoms with Crippen LogP contribution in [0.2, 0.25) is 0 Å². The molecule has 4 heterocycles. The van der Waals surface area contributed by atoms with Crippen LogP contribution in [-0.4, -0.2) is 29.1 Å². The molecule has 0 amide bonds. The van der Waals surface area contributed by atoms with E-state index in [2.05, 4.69) is 32.6 Å². The van der Waals surface area contributed by atoms with E-state index in [0.29, 0.717) is 11.4 Å². The summed E-state index contributed by atoms with van der Waals surface area (Å²) >= 11 is 0. The van der Waals surface area contributed by atoms with E-state index < -0.39 is 29.2 Å². The normalized spacial score (nSPS) is 12.5. The molecule has 0 N–H and O–H groups in total. The van der Waals surface area contributed by atoms with Crippen molar-refractivity contribution in [3.8, 4) is 11.6 Å². The molecule has 34 heavy (non-hydrogen) atoms. The van der Waals surface area contributed by atoms with Crippen LogP contribution in [0.15, 0.2) is 48.8 Å². The first-order valence-corrected chi connectivity index (χ1v) is 9.40. The van der Waals surface area contributed by atoms with Crippen LogP contribution < -0.4 is 0 Å². The predicted molar refractivity (Wildman–Crippen MR) is 103 cm³/mol. The molecule has 0 aliphatic heterocycles. The molecule has 0 unspecified atom stereocenters. The van der Waals surface area contributed by atoms with Gasteiger partial charge >= 0.3 is 32.8 Å². The van der Waals surface area contributed by atoms with Crippen molar-refractivity contribution < 1.29 is 46.8 Å². The van der Waals surface area contributed by atoms with Crippen LogP contribution >= 0.6 is 0 Å². The van der Waals surface area contributed by atoms with E-state index in [1.807, 2.05) is 0 Å². The SMILES string of the molecule is CC(C)(c1cccc(-n2[c-]nc(C(F)(F)F)c2)n1)c1cccc(-n2[c-]nc(C(F)(F)F)c2)n1.[Pd+2]. The number of halogens is 6. The fourth-order valence-electron chi connectivity index (χ4n) is 3.03. The van der Waals surface area contributed by atoms with Crippen LogP contribution in [0.1, 0.15) is 36.6 Å². The third-order valence-corrected chi connectivity index (χ3v) is 4.88. The number of imidazole rings is 2. The predicted octanol–water partition coefficient (Wildman–Crippen LogP) is 4.81. The maximum atomic E-state index is 12.9. The molecule has 4 rings (SSSR count). The molecule has 4 aromatic heterocycles. The largest absolute Gasteiger partial charge is 2.00 e. The summed E-state index contributed by atoms with van der Waals surface area (Å²) in [4.78, 5) is 15.4. The summed E-state index contributed by atoms with van der Waals surface area (Å²) in [7, 11) is 0. The van der Waals surface area contributed by atoms with Gasteiger partial charge in [-0.3, -0.25) is 9.97 Å². The van der Waals surface area contributed by atoms with E-state index in [0.717, 1.165) is 21.5 Å². The van der Waals surface area contributed by atoms with Crippen LogP contribution in [0.3, 0.4) is 0 Å². The second-order valence-electron chi connectivity index (χ2n) is 7.57. The molecule has 6 nitrogen and oxygen atoms in total. The molecule has 0 aliphatic carbocycles. The van der Waals surface area contributed by atoms with E-state index in [1.165, 1.54) is 12.1 Å².